The molecule has 0 radical (unpaired) electrons. The molecule has 0 amide bonds. The summed E-state index contributed by atoms with van der Waals surface area (Å²) in [6.07, 6.45) is 0. The number of aliphatic hydroxyl groups excluding tert-OH is 1. The average molecular weight is 263 g/mol. The van der Waals surface area contributed by atoms with E-state index in [1.54, 1.807) is 6.92 Å². The minimum Gasteiger partial charge on any atom is -0.446 e. The second-order valence-electron chi connectivity index (χ2n) is 3.37. The molecule has 0 fully saturated rings. The highest BCUT2D eigenvalue weighted by atomic mass is 32.2. The zero-order chi connectivity index (χ0) is 12.9. The maximum Gasteiger partial charge on any atom is 0.276 e. The Morgan fingerprint density at radius 2 is 2.18 bits per heavy atom. The normalized spacial score (nSPS) is 12.2. The van der Waals surface area contributed by atoms with Crippen molar-refractivity contribution in [3.05, 3.63) is 17.9 Å². The molecule has 6 nitrogen and oxygen atoms in total. The third-order valence-corrected chi connectivity index (χ3v) is 4.13. The summed E-state index contributed by atoms with van der Waals surface area (Å²) < 4.78 is 35.3. The van der Waals surface area contributed by atoms with Crippen molar-refractivity contribution in [1.82, 2.24) is 4.31 Å². The largest absolute Gasteiger partial charge is 0.446 e. The Bertz CT molecular complexity index is 439. The van der Waals surface area contributed by atoms with E-state index in [-0.39, 0.29) is 24.0 Å². The fourth-order valence-electron chi connectivity index (χ4n) is 1.35. The summed E-state index contributed by atoms with van der Waals surface area (Å²) in [5.41, 5.74) is 0. The summed E-state index contributed by atoms with van der Waals surface area (Å²) >= 11 is 0. The number of hydrogen-bond donors (Lipinski definition) is 1. The Hall–Kier alpha value is -0.890. The number of ether oxygens (including phenoxy) is 1. The van der Waals surface area contributed by atoms with E-state index in [1.165, 1.54) is 23.5 Å². The second kappa shape index (κ2) is 6.15. The lowest BCUT2D eigenvalue weighted by Gasteiger charge is -2.18. The lowest BCUT2D eigenvalue weighted by atomic mass is 10.5. The summed E-state index contributed by atoms with van der Waals surface area (Å²) in [5.74, 6) is 0.228. The number of sulfonamides is 1. The van der Waals surface area contributed by atoms with Crippen molar-refractivity contribution >= 4 is 10.0 Å². The Balaban J connectivity index is 2.91. The van der Waals surface area contributed by atoms with Crippen LogP contribution in [0.4, 0.5) is 0 Å². The van der Waals surface area contributed by atoms with E-state index in [9.17, 15) is 8.42 Å². The third kappa shape index (κ3) is 3.29. The van der Waals surface area contributed by atoms with Gasteiger partial charge in [-0.15, -0.1) is 0 Å². The number of hydrogen-bond acceptors (Lipinski definition) is 5. The molecular weight excluding hydrogens is 246 g/mol. The van der Waals surface area contributed by atoms with Gasteiger partial charge in [-0.25, -0.2) is 8.42 Å². The fourth-order valence-corrected chi connectivity index (χ4v) is 2.71. The van der Waals surface area contributed by atoms with Crippen molar-refractivity contribution < 1.29 is 22.7 Å². The molecule has 0 unspecified atom stereocenters. The van der Waals surface area contributed by atoms with E-state index in [1.807, 2.05) is 0 Å². The molecule has 1 heterocycles. The van der Waals surface area contributed by atoms with Crippen LogP contribution in [0.5, 0.6) is 0 Å². The van der Waals surface area contributed by atoms with E-state index in [0.29, 0.717) is 13.2 Å². The molecule has 0 aliphatic carbocycles. The SMILES string of the molecule is CCN(CCOC)S(=O)(=O)c1ccc(CO)o1. The summed E-state index contributed by atoms with van der Waals surface area (Å²) in [5, 5.41) is 8.68. The van der Waals surface area contributed by atoms with Crippen LogP contribution >= 0.6 is 0 Å². The molecule has 7 heteroatoms. The summed E-state index contributed by atoms with van der Waals surface area (Å²) in [6.45, 7) is 2.34. The third-order valence-electron chi connectivity index (χ3n) is 2.28. The van der Waals surface area contributed by atoms with Gasteiger partial charge in [0.2, 0.25) is 5.09 Å². The Morgan fingerprint density at radius 3 is 2.65 bits per heavy atom. The first-order valence-corrected chi connectivity index (χ1v) is 6.69. The Labute approximate surface area is 101 Å². The summed E-state index contributed by atoms with van der Waals surface area (Å²) in [7, 11) is -2.13. The van der Waals surface area contributed by atoms with E-state index >= 15 is 0 Å². The van der Waals surface area contributed by atoms with Gasteiger partial charge in [-0.1, -0.05) is 6.92 Å². The fraction of sp³-hybridized carbons (Fsp3) is 0.600. The van der Waals surface area contributed by atoms with E-state index in [2.05, 4.69) is 0 Å². The van der Waals surface area contributed by atoms with Crippen LogP contribution in [0.2, 0.25) is 0 Å². The molecular formula is C10H17NO5S. The topological polar surface area (TPSA) is 80.0 Å². The quantitative estimate of drug-likeness (QED) is 0.771. The highest BCUT2D eigenvalue weighted by molar-refractivity contribution is 7.89. The zero-order valence-corrected chi connectivity index (χ0v) is 10.7. The standard InChI is InChI=1S/C10H17NO5S/c1-3-11(6-7-15-2)17(13,14)10-5-4-9(8-12)16-10/h4-5,12H,3,6-8H2,1-2H3. The first-order chi connectivity index (χ1) is 8.06. The number of aliphatic hydroxyl groups is 1. The van der Waals surface area contributed by atoms with Crippen LogP contribution < -0.4 is 0 Å². The Kier molecular flexibility index (Phi) is 5.13. The zero-order valence-electron chi connectivity index (χ0n) is 9.92. The van der Waals surface area contributed by atoms with Crippen LogP contribution in [0, 0.1) is 0 Å². The predicted octanol–water partition coefficient (Wildman–Crippen LogP) is 0.429. The molecule has 1 aromatic rings. The molecule has 17 heavy (non-hydrogen) atoms. The van der Waals surface area contributed by atoms with Crippen LogP contribution in [0.25, 0.3) is 0 Å². The van der Waals surface area contributed by atoms with Gasteiger partial charge in [0.15, 0.2) is 0 Å². The first-order valence-electron chi connectivity index (χ1n) is 5.25. The molecule has 0 bridgehead atoms. The molecule has 0 aromatic carbocycles. The van der Waals surface area contributed by atoms with Crippen LogP contribution in [0.3, 0.4) is 0 Å². The van der Waals surface area contributed by atoms with E-state index in [4.69, 9.17) is 14.3 Å². The molecule has 98 valence electrons. The van der Waals surface area contributed by atoms with Crippen LogP contribution in [-0.2, 0) is 21.4 Å². The Morgan fingerprint density at radius 1 is 1.47 bits per heavy atom. The number of likely N-dealkylation sites (N-methyl/N-ethyl adjacent to an activating group) is 1. The molecule has 1 aromatic heterocycles. The van der Waals surface area contributed by atoms with Gasteiger partial charge < -0.3 is 14.3 Å². The smallest absolute Gasteiger partial charge is 0.276 e. The van der Waals surface area contributed by atoms with Gasteiger partial charge in [0.1, 0.15) is 12.4 Å². The van der Waals surface area contributed by atoms with Gasteiger partial charge in [0, 0.05) is 20.2 Å². The molecule has 1 N–H and O–H groups in total. The van der Waals surface area contributed by atoms with Gasteiger partial charge in [-0.05, 0) is 12.1 Å². The highest BCUT2D eigenvalue weighted by Gasteiger charge is 2.26. The average Bonchev–Trinajstić information content (AvgIpc) is 2.79. The van der Waals surface area contributed by atoms with Gasteiger partial charge in [0.05, 0.1) is 6.61 Å². The van der Waals surface area contributed by atoms with Gasteiger partial charge >= 0.3 is 0 Å². The first kappa shape index (κ1) is 14.2. The minimum absolute atomic E-state index is 0.153. The van der Waals surface area contributed by atoms with Gasteiger partial charge in [-0.3, -0.25) is 0 Å². The van der Waals surface area contributed by atoms with Crippen molar-refractivity contribution in [2.75, 3.05) is 26.8 Å². The highest BCUT2D eigenvalue weighted by Crippen LogP contribution is 2.18. The number of rotatable bonds is 7. The number of nitrogens with zero attached hydrogens (tertiary/aromatic N) is 1. The van der Waals surface area contributed by atoms with Gasteiger partial charge in [-0.2, -0.15) is 4.31 Å². The predicted molar refractivity (Wildman–Crippen MR) is 60.9 cm³/mol. The molecule has 0 saturated carbocycles. The number of furan rings is 1. The number of methoxy groups -OCH3 is 1. The maximum atomic E-state index is 12.1. The monoisotopic (exact) mass is 263 g/mol. The lowest BCUT2D eigenvalue weighted by molar-refractivity contribution is 0.179. The lowest BCUT2D eigenvalue weighted by Crippen LogP contribution is -2.33. The van der Waals surface area contributed by atoms with E-state index in [0.717, 1.165) is 0 Å². The van der Waals surface area contributed by atoms with E-state index < -0.39 is 10.0 Å². The van der Waals surface area contributed by atoms with Gasteiger partial charge in [0.25, 0.3) is 10.0 Å². The van der Waals surface area contributed by atoms with Crippen molar-refractivity contribution in [2.45, 2.75) is 18.6 Å². The van der Waals surface area contributed by atoms with Crippen molar-refractivity contribution in [1.29, 1.82) is 0 Å². The molecule has 0 aliphatic rings. The molecule has 0 atom stereocenters. The summed E-state index contributed by atoms with van der Waals surface area (Å²) in [6, 6.07) is 2.79. The van der Waals surface area contributed by atoms with Crippen molar-refractivity contribution in [3.8, 4) is 0 Å². The summed E-state index contributed by atoms with van der Waals surface area (Å²) in [4.78, 5) is 0. The minimum atomic E-state index is -3.64. The molecule has 0 aliphatic heterocycles. The van der Waals surface area contributed by atoms with Crippen LogP contribution in [-0.4, -0.2) is 44.6 Å². The maximum absolute atomic E-state index is 12.1. The van der Waals surface area contributed by atoms with Crippen molar-refractivity contribution in [3.63, 3.8) is 0 Å². The van der Waals surface area contributed by atoms with Crippen LogP contribution in [0.1, 0.15) is 12.7 Å². The van der Waals surface area contributed by atoms with Crippen molar-refractivity contribution in [2.24, 2.45) is 0 Å². The molecule has 0 spiro atoms. The van der Waals surface area contributed by atoms with Crippen LogP contribution in [0.15, 0.2) is 21.6 Å². The molecule has 1 rings (SSSR count). The second-order valence-corrected chi connectivity index (χ2v) is 5.24. The molecule has 0 saturated heterocycles.